The van der Waals surface area contributed by atoms with Crippen LogP contribution in [0.4, 0.5) is 15.3 Å². The third-order valence-corrected chi connectivity index (χ3v) is 5.78. The van der Waals surface area contributed by atoms with Gasteiger partial charge in [0.2, 0.25) is 0 Å². The largest absolute Gasteiger partial charge is 0.457 e. The summed E-state index contributed by atoms with van der Waals surface area (Å²) in [5.74, 6) is 0.679. The number of fused-ring (bicyclic) bond motifs is 2. The van der Waals surface area contributed by atoms with E-state index in [0.717, 1.165) is 5.56 Å². The van der Waals surface area contributed by atoms with E-state index in [9.17, 15) is 14.4 Å². The van der Waals surface area contributed by atoms with Gasteiger partial charge in [-0.2, -0.15) is 0 Å². The number of imide groups is 1. The molecular weight excluding hydrogens is 422 g/mol. The molecule has 166 valence electrons. The van der Waals surface area contributed by atoms with Crippen molar-refractivity contribution < 1.29 is 23.9 Å². The number of carbonyl (C=O) groups is 3. The summed E-state index contributed by atoms with van der Waals surface area (Å²) < 4.78 is 11.5. The van der Waals surface area contributed by atoms with Gasteiger partial charge in [-0.05, 0) is 23.8 Å². The average Bonchev–Trinajstić information content (AvgIpc) is 3.12. The second-order valence-electron chi connectivity index (χ2n) is 7.85. The van der Waals surface area contributed by atoms with Gasteiger partial charge < -0.3 is 14.8 Å². The number of amides is 4. The number of carbonyl (C=O) groups excluding carboxylic acids is 3. The first kappa shape index (κ1) is 20.6. The van der Waals surface area contributed by atoms with Gasteiger partial charge in [-0.1, -0.05) is 54.6 Å². The van der Waals surface area contributed by atoms with Gasteiger partial charge >= 0.3 is 12.1 Å². The van der Waals surface area contributed by atoms with Crippen LogP contribution in [0.25, 0.3) is 0 Å². The number of benzene rings is 3. The monoisotopic (exact) mass is 443 g/mol. The maximum absolute atomic E-state index is 13.0. The summed E-state index contributed by atoms with van der Waals surface area (Å²) in [5, 5.41) is 5.05. The summed E-state index contributed by atoms with van der Waals surface area (Å²) in [5.41, 5.74) is 0.580. The Morgan fingerprint density at radius 1 is 0.939 bits per heavy atom. The van der Waals surface area contributed by atoms with Gasteiger partial charge in [0.15, 0.2) is 0 Å². The van der Waals surface area contributed by atoms with E-state index in [-0.39, 0.29) is 19.6 Å². The van der Waals surface area contributed by atoms with Gasteiger partial charge in [-0.25, -0.2) is 9.59 Å². The fourth-order valence-corrected chi connectivity index (χ4v) is 4.16. The van der Waals surface area contributed by atoms with Gasteiger partial charge in [0, 0.05) is 24.6 Å². The minimum absolute atomic E-state index is 0.119. The Bertz CT molecular complexity index is 1220. The molecule has 1 unspecified atom stereocenters. The molecule has 33 heavy (non-hydrogen) atoms. The van der Waals surface area contributed by atoms with Crippen LogP contribution in [-0.4, -0.2) is 24.6 Å². The van der Waals surface area contributed by atoms with Crippen molar-refractivity contribution >= 4 is 23.7 Å². The lowest BCUT2D eigenvalue weighted by Gasteiger charge is -2.38. The van der Waals surface area contributed by atoms with Crippen molar-refractivity contribution in [1.29, 1.82) is 0 Å². The van der Waals surface area contributed by atoms with Crippen molar-refractivity contribution in [3.63, 3.8) is 0 Å². The Balaban J connectivity index is 1.48. The molecule has 5 rings (SSSR count). The van der Waals surface area contributed by atoms with E-state index in [2.05, 4.69) is 10.6 Å². The topological polar surface area (TPSA) is 97.0 Å². The molecule has 8 heteroatoms. The summed E-state index contributed by atoms with van der Waals surface area (Å²) in [6, 6.07) is 23.1. The summed E-state index contributed by atoms with van der Waals surface area (Å²) in [4.78, 5) is 39.2. The first-order valence-corrected chi connectivity index (χ1v) is 10.5. The quantitative estimate of drug-likeness (QED) is 0.593. The predicted octanol–water partition coefficient (Wildman–Crippen LogP) is 4.06. The number of hydrogen-bond donors (Lipinski definition) is 2. The van der Waals surface area contributed by atoms with Crippen LogP contribution in [0.15, 0.2) is 78.9 Å². The maximum Gasteiger partial charge on any atom is 0.414 e. The maximum atomic E-state index is 13.0. The van der Waals surface area contributed by atoms with E-state index < -0.39 is 23.6 Å². The van der Waals surface area contributed by atoms with E-state index in [1.165, 1.54) is 4.90 Å². The van der Waals surface area contributed by atoms with Gasteiger partial charge in [0.1, 0.15) is 23.6 Å². The van der Waals surface area contributed by atoms with E-state index in [4.69, 9.17) is 9.47 Å². The molecule has 1 fully saturated rings. The number of nitrogens with zero attached hydrogens (tertiary/aromatic N) is 1. The Kier molecular flexibility index (Phi) is 5.18. The summed E-state index contributed by atoms with van der Waals surface area (Å²) in [6.07, 6.45) is -0.326. The van der Waals surface area contributed by atoms with Crippen molar-refractivity contribution in [1.82, 2.24) is 10.6 Å². The first-order valence-electron chi connectivity index (χ1n) is 10.5. The van der Waals surface area contributed by atoms with E-state index in [0.29, 0.717) is 22.7 Å². The second kappa shape index (κ2) is 8.31. The standard InChI is InChI=1S/C25H21N3O5/c29-22-25(27-23(30)26-22)13-14-28(24(31)32-16-17-7-3-1-4-8-17)21-15-19(11-12-20(21)25)33-18-9-5-2-6-10-18/h1-12,15H,13-14,16H2,(H2,26,27,29,30). The third kappa shape index (κ3) is 3.87. The van der Waals surface area contributed by atoms with E-state index >= 15 is 0 Å². The molecule has 4 amide bonds. The number of urea groups is 1. The number of para-hydroxylation sites is 1. The zero-order valence-electron chi connectivity index (χ0n) is 17.6. The minimum atomic E-state index is -1.24. The van der Waals surface area contributed by atoms with Crippen molar-refractivity contribution in [2.75, 3.05) is 11.4 Å². The molecule has 1 atom stereocenters. The molecule has 0 bridgehead atoms. The smallest absolute Gasteiger partial charge is 0.414 e. The van der Waals surface area contributed by atoms with Crippen LogP contribution in [0.3, 0.4) is 0 Å². The molecule has 0 radical (unpaired) electrons. The molecule has 2 heterocycles. The van der Waals surface area contributed by atoms with Gasteiger partial charge in [0.25, 0.3) is 5.91 Å². The second-order valence-corrected chi connectivity index (χ2v) is 7.85. The Morgan fingerprint density at radius 3 is 2.36 bits per heavy atom. The lowest BCUT2D eigenvalue weighted by atomic mass is 9.82. The lowest BCUT2D eigenvalue weighted by Crippen LogP contribution is -2.52. The number of hydrogen-bond acceptors (Lipinski definition) is 5. The first-order chi connectivity index (χ1) is 16.0. The van der Waals surface area contributed by atoms with Gasteiger partial charge in [0.05, 0.1) is 5.69 Å². The Hall–Kier alpha value is -4.33. The zero-order valence-corrected chi connectivity index (χ0v) is 17.6. The molecular formula is C25H21N3O5. The molecule has 2 aliphatic rings. The van der Waals surface area contributed by atoms with E-state index in [1.54, 1.807) is 18.2 Å². The van der Waals surface area contributed by atoms with Crippen LogP contribution in [0, 0.1) is 0 Å². The van der Waals surface area contributed by atoms with Crippen LogP contribution in [0.5, 0.6) is 11.5 Å². The number of anilines is 1. The zero-order chi connectivity index (χ0) is 22.8. The average molecular weight is 443 g/mol. The van der Waals surface area contributed by atoms with Crippen molar-refractivity contribution in [3.05, 3.63) is 90.0 Å². The summed E-state index contributed by atoms with van der Waals surface area (Å²) in [6.45, 7) is 0.303. The highest BCUT2D eigenvalue weighted by Crippen LogP contribution is 2.42. The van der Waals surface area contributed by atoms with Crippen molar-refractivity contribution in [3.8, 4) is 11.5 Å². The molecule has 0 saturated carbocycles. The fourth-order valence-electron chi connectivity index (χ4n) is 4.16. The van der Waals surface area contributed by atoms with Crippen molar-refractivity contribution in [2.45, 2.75) is 18.6 Å². The lowest BCUT2D eigenvalue weighted by molar-refractivity contribution is -0.124. The van der Waals surface area contributed by atoms with Crippen LogP contribution in [0.2, 0.25) is 0 Å². The minimum Gasteiger partial charge on any atom is -0.457 e. The highest BCUT2D eigenvalue weighted by atomic mass is 16.6. The predicted molar refractivity (Wildman–Crippen MR) is 120 cm³/mol. The number of ether oxygens (including phenoxy) is 2. The van der Waals surface area contributed by atoms with Crippen LogP contribution in [0.1, 0.15) is 17.5 Å². The summed E-state index contributed by atoms with van der Waals surface area (Å²) in [7, 11) is 0. The van der Waals surface area contributed by atoms with Crippen LogP contribution >= 0.6 is 0 Å². The third-order valence-electron chi connectivity index (χ3n) is 5.78. The van der Waals surface area contributed by atoms with Crippen molar-refractivity contribution in [2.24, 2.45) is 0 Å². The summed E-state index contributed by atoms with van der Waals surface area (Å²) >= 11 is 0. The molecule has 3 aromatic carbocycles. The molecule has 2 N–H and O–H groups in total. The highest BCUT2D eigenvalue weighted by Gasteiger charge is 2.52. The molecule has 0 aromatic heterocycles. The molecule has 2 aliphatic heterocycles. The highest BCUT2D eigenvalue weighted by molar-refractivity contribution is 6.09. The number of rotatable bonds is 4. The molecule has 1 spiro atoms. The van der Waals surface area contributed by atoms with Crippen LogP contribution in [-0.2, 0) is 21.7 Å². The normalized spacial score (nSPS) is 19.0. The molecule has 8 nitrogen and oxygen atoms in total. The Morgan fingerprint density at radius 2 is 1.67 bits per heavy atom. The SMILES string of the molecule is O=C1NC(=O)C2(CCN(C(=O)OCc3ccccc3)c3cc(Oc4ccccc4)ccc32)N1. The fraction of sp³-hybridized carbons (Fsp3) is 0.160. The molecule has 3 aromatic rings. The number of nitrogens with one attached hydrogen (secondary N) is 2. The molecule has 1 saturated heterocycles. The van der Waals surface area contributed by atoms with E-state index in [1.807, 2.05) is 60.7 Å². The van der Waals surface area contributed by atoms with Gasteiger partial charge in [-0.3, -0.25) is 15.0 Å². The molecule has 0 aliphatic carbocycles. The van der Waals surface area contributed by atoms with Gasteiger partial charge in [-0.15, -0.1) is 0 Å². The Labute approximate surface area is 190 Å². The van der Waals surface area contributed by atoms with Crippen LogP contribution < -0.4 is 20.3 Å².